The number of aromatic hydroxyl groups is 1. The van der Waals surface area contributed by atoms with E-state index < -0.39 is 0 Å². The molecule has 3 N–H and O–H groups in total. The molecular weight excluding hydrogens is 562 g/mol. The van der Waals surface area contributed by atoms with Gasteiger partial charge in [-0.2, -0.15) is 0 Å². The summed E-state index contributed by atoms with van der Waals surface area (Å²) in [5, 5.41) is 10.2. The Balaban J connectivity index is 1.16. The Morgan fingerprint density at radius 2 is 1.71 bits per heavy atom. The van der Waals surface area contributed by atoms with Crippen molar-refractivity contribution in [3.8, 4) is 34.1 Å². The van der Waals surface area contributed by atoms with E-state index in [0.717, 1.165) is 65.5 Å². The quantitative estimate of drug-likeness (QED) is 0.217. The molecule has 224 valence electrons. The molecule has 3 aromatic carbocycles. The Morgan fingerprint density at radius 1 is 0.911 bits per heavy atom. The van der Waals surface area contributed by atoms with Gasteiger partial charge >= 0.3 is 0 Å². The Kier molecular flexibility index (Phi) is 7.44. The monoisotopic (exact) mass is 595 g/mol. The first-order valence-corrected chi connectivity index (χ1v) is 15.0. The molecule has 6 aromatic rings. The highest BCUT2D eigenvalue weighted by Crippen LogP contribution is 2.32. The molecule has 3 aromatic heterocycles. The number of nitrogens with two attached hydrogens (primary N) is 1. The number of benzene rings is 3. The number of phenols is 1. The largest absolute Gasteiger partial charge is 0.507 e. The number of hydrogen-bond donors (Lipinski definition) is 2. The van der Waals surface area contributed by atoms with Gasteiger partial charge in [-0.05, 0) is 61.0 Å². The first-order valence-electron chi connectivity index (χ1n) is 15.0. The average molecular weight is 596 g/mol. The zero-order valence-electron chi connectivity index (χ0n) is 24.9. The fraction of sp³-hybridized carbons (Fsp3) is 0.167. The van der Waals surface area contributed by atoms with Gasteiger partial charge in [0.05, 0.1) is 16.8 Å². The van der Waals surface area contributed by atoms with Crippen LogP contribution >= 0.6 is 0 Å². The Labute approximate surface area is 261 Å². The number of anilines is 2. The summed E-state index contributed by atoms with van der Waals surface area (Å²) in [5.74, 6) is 1.12. The van der Waals surface area contributed by atoms with Gasteiger partial charge in [0.15, 0.2) is 17.8 Å². The maximum atomic E-state index is 11.1. The smallest absolute Gasteiger partial charge is 0.165 e. The zero-order chi connectivity index (χ0) is 30.9. The summed E-state index contributed by atoms with van der Waals surface area (Å²) in [6, 6.07) is 32.0. The molecule has 45 heavy (non-hydrogen) atoms. The first-order chi connectivity index (χ1) is 22.0. The molecule has 0 saturated carbocycles. The number of pyridine rings is 2. The normalized spacial score (nSPS) is 15.4. The van der Waals surface area contributed by atoms with Crippen LogP contribution in [0.25, 0.3) is 39.5 Å². The van der Waals surface area contributed by atoms with Crippen LogP contribution in [0.15, 0.2) is 103 Å². The van der Waals surface area contributed by atoms with E-state index in [9.17, 15) is 9.90 Å². The summed E-state index contributed by atoms with van der Waals surface area (Å²) in [7, 11) is 0. The summed E-state index contributed by atoms with van der Waals surface area (Å²) >= 11 is 0. The number of phenolic OH excluding ortho intramolecular Hbond substituents is 1. The van der Waals surface area contributed by atoms with Crippen LogP contribution < -0.4 is 10.6 Å². The van der Waals surface area contributed by atoms with Crippen LogP contribution in [-0.2, 0) is 6.54 Å². The van der Waals surface area contributed by atoms with Gasteiger partial charge in [0.1, 0.15) is 17.1 Å². The highest BCUT2D eigenvalue weighted by molar-refractivity contribution is 5.84. The summed E-state index contributed by atoms with van der Waals surface area (Å²) < 4.78 is 2.06. The number of hydrogen-bond acceptors (Lipinski definition) is 8. The maximum absolute atomic E-state index is 11.1. The molecular formula is C36H33N7O2. The van der Waals surface area contributed by atoms with Crippen molar-refractivity contribution in [2.75, 3.05) is 30.3 Å². The number of fused-ring (bicyclic) bond motifs is 1. The van der Waals surface area contributed by atoms with Crippen molar-refractivity contribution in [3.05, 3.63) is 114 Å². The van der Waals surface area contributed by atoms with Crippen LogP contribution in [0.5, 0.6) is 5.75 Å². The lowest BCUT2D eigenvalue weighted by atomic mass is 10.1. The topological polar surface area (TPSA) is 113 Å². The van der Waals surface area contributed by atoms with E-state index in [1.807, 2.05) is 48.5 Å². The lowest BCUT2D eigenvalue weighted by molar-refractivity contribution is 0.112. The molecule has 9 nitrogen and oxygen atoms in total. The van der Waals surface area contributed by atoms with Crippen molar-refractivity contribution in [3.63, 3.8) is 0 Å². The molecule has 0 radical (unpaired) electrons. The Morgan fingerprint density at radius 3 is 2.44 bits per heavy atom. The summed E-state index contributed by atoms with van der Waals surface area (Å²) in [6.45, 7) is 5.58. The van der Waals surface area contributed by atoms with E-state index in [4.69, 9.17) is 15.7 Å². The minimum Gasteiger partial charge on any atom is -0.507 e. The molecule has 1 fully saturated rings. The molecule has 0 spiro atoms. The number of nitrogen functional groups attached to an aromatic ring is 1. The predicted octanol–water partition coefficient (Wildman–Crippen LogP) is 5.96. The highest BCUT2D eigenvalue weighted by atomic mass is 16.3. The lowest BCUT2D eigenvalue weighted by Gasteiger charge is -2.41. The van der Waals surface area contributed by atoms with E-state index >= 15 is 0 Å². The van der Waals surface area contributed by atoms with E-state index in [1.165, 1.54) is 5.56 Å². The van der Waals surface area contributed by atoms with Crippen LogP contribution in [0.3, 0.4) is 0 Å². The lowest BCUT2D eigenvalue weighted by Crippen LogP contribution is -2.51. The van der Waals surface area contributed by atoms with Gasteiger partial charge in [-0.3, -0.25) is 14.3 Å². The fourth-order valence-corrected chi connectivity index (χ4v) is 6.14. The number of rotatable bonds is 7. The number of nitrogens with zero attached hydrogens (tertiary/aromatic N) is 6. The number of carbonyl (C=O) groups is 1. The molecule has 0 bridgehead atoms. The second-order valence-corrected chi connectivity index (χ2v) is 11.4. The SMILES string of the molecule is C[C@@H]1CN(Cc2ccc(-n3c(-c4cccnc4N)nc4ccc(-c5ccccc5)nc43)cc2)CCN1c1ccc(C=O)c(O)c1. The number of piperazine rings is 1. The van der Waals surface area contributed by atoms with Gasteiger partial charge in [-0.25, -0.2) is 15.0 Å². The Hall–Kier alpha value is -5.54. The second kappa shape index (κ2) is 11.9. The highest BCUT2D eigenvalue weighted by Gasteiger charge is 2.25. The van der Waals surface area contributed by atoms with Crippen molar-refractivity contribution in [2.45, 2.75) is 19.5 Å². The van der Waals surface area contributed by atoms with Crippen molar-refractivity contribution in [1.82, 2.24) is 24.4 Å². The van der Waals surface area contributed by atoms with E-state index in [2.05, 4.69) is 62.7 Å². The molecule has 0 unspecified atom stereocenters. The van der Waals surface area contributed by atoms with Gasteiger partial charge in [-0.1, -0.05) is 42.5 Å². The van der Waals surface area contributed by atoms with Crippen LogP contribution in [0.4, 0.5) is 11.5 Å². The first kappa shape index (κ1) is 28.2. The van der Waals surface area contributed by atoms with E-state index in [-0.39, 0.29) is 11.8 Å². The third kappa shape index (κ3) is 5.49. The second-order valence-electron chi connectivity index (χ2n) is 11.4. The molecule has 0 amide bonds. The average Bonchev–Trinajstić information content (AvgIpc) is 3.44. The minimum absolute atomic E-state index is 0.0174. The van der Waals surface area contributed by atoms with Gasteiger partial charge in [0.25, 0.3) is 0 Å². The predicted molar refractivity (Wildman–Crippen MR) is 178 cm³/mol. The van der Waals surface area contributed by atoms with E-state index in [0.29, 0.717) is 23.5 Å². The molecule has 7 rings (SSSR count). The van der Waals surface area contributed by atoms with E-state index in [1.54, 1.807) is 18.3 Å². The number of aromatic nitrogens is 4. The fourth-order valence-electron chi connectivity index (χ4n) is 6.14. The maximum Gasteiger partial charge on any atom is 0.165 e. The molecule has 4 heterocycles. The number of imidazole rings is 1. The third-order valence-corrected chi connectivity index (χ3v) is 8.44. The van der Waals surface area contributed by atoms with Gasteiger partial charge in [0.2, 0.25) is 0 Å². The van der Waals surface area contributed by atoms with Gasteiger partial charge < -0.3 is 15.7 Å². The summed E-state index contributed by atoms with van der Waals surface area (Å²) in [4.78, 5) is 30.2. The zero-order valence-corrected chi connectivity index (χ0v) is 24.9. The minimum atomic E-state index is 0.0174. The van der Waals surface area contributed by atoms with Crippen molar-refractivity contribution in [2.24, 2.45) is 0 Å². The van der Waals surface area contributed by atoms with Crippen LogP contribution in [0.1, 0.15) is 22.8 Å². The van der Waals surface area contributed by atoms with Crippen LogP contribution in [-0.4, -0.2) is 61.5 Å². The number of carbonyl (C=O) groups excluding carboxylic acids is 1. The van der Waals surface area contributed by atoms with Crippen LogP contribution in [0, 0.1) is 0 Å². The van der Waals surface area contributed by atoms with Crippen molar-refractivity contribution >= 4 is 29.0 Å². The molecule has 0 aliphatic carbocycles. The molecule has 1 aliphatic rings. The molecule has 1 aliphatic heterocycles. The molecule has 9 heteroatoms. The summed E-state index contributed by atoms with van der Waals surface area (Å²) in [6.07, 6.45) is 2.36. The van der Waals surface area contributed by atoms with Crippen molar-refractivity contribution in [1.29, 1.82) is 0 Å². The standard InChI is InChI=1S/C36H33N7O2/c1-24-21-41(18-19-42(24)29-14-11-27(23-44)33(45)20-29)22-25-9-12-28(13-10-25)43-35(30-8-5-17-38-34(30)37)40-32-16-15-31(39-36(32)43)26-6-3-2-4-7-26/h2-17,20,23-24,45H,18-19,21-22H2,1H3,(H2,37,38)/t24-/m1/s1. The van der Waals surface area contributed by atoms with Crippen LogP contribution in [0.2, 0.25) is 0 Å². The third-order valence-electron chi connectivity index (χ3n) is 8.44. The molecule has 1 atom stereocenters. The van der Waals surface area contributed by atoms with Crippen molar-refractivity contribution < 1.29 is 9.90 Å². The summed E-state index contributed by atoms with van der Waals surface area (Å²) in [5.41, 5.74) is 13.9. The van der Waals surface area contributed by atoms with Gasteiger partial charge in [0, 0.05) is 61.4 Å². The molecule has 1 saturated heterocycles. The number of aldehydes is 1. The van der Waals surface area contributed by atoms with Gasteiger partial charge in [-0.15, -0.1) is 0 Å². The Bertz CT molecular complexity index is 1990.